The minimum Gasteiger partial charge on any atom is -0.459 e. The topological polar surface area (TPSA) is 81.9 Å². The van der Waals surface area contributed by atoms with Gasteiger partial charge in [-0.15, -0.1) is 24.0 Å². The lowest BCUT2D eigenvalue weighted by Crippen LogP contribution is -2.48. The van der Waals surface area contributed by atoms with Crippen LogP contribution in [0, 0.1) is 13.8 Å². The Hall–Kier alpha value is -2.07. The van der Waals surface area contributed by atoms with Crippen molar-refractivity contribution in [3.8, 4) is 0 Å². The molecule has 0 radical (unpaired) electrons. The van der Waals surface area contributed by atoms with Crippen molar-refractivity contribution in [2.45, 2.75) is 52.6 Å². The third-order valence-corrected chi connectivity index (χ3v) is 5.89. The van der Waals surface area contributed by atoms with Crippen LogP contribution in [0.1, 0.15) is 53.4 Å². The molecule has 1 aromatic heterocycles. The molecule has 1 aliphatic heterocycles. The zero-order valence-corrected chi connectivity index (χ0v) is 22.4. The van der Waals surface area contributed by atoms with Crippen LogP contribution in [0.25, 0.3) is 0 Å². The van der Waals surface area contributed by atoms with Crippen LogP contribution in [-0.2, 0) is 6.54 Å². The van der Waals surface area contributed by atoms with E-state index in [0.717, 1.165) is 57.0 Å². The number of likely N-dealkylation sites (tertiary alicyclic amines) is 1. The molecular weight excluding hydrogens is 529 g/mol. The fraction of sp³-hybridized carbons (Fsp3) is 0.520. The van der Waals surface area contributed by atoms with E-state index in [1.165, 1.54) is 17.4 Å². The van der Waals surface area contributed by atoms with Crippen molar-refractivity contribution < 1.29 is 9.21 Å². The molecule has 7 nitrogen and oxygen atoms in total. The molecule has 0 aliphatic carbocycles. The molecule has 33 heavy (non-hydrogen) atoms. The van der Waals surface area contributed by atoms with Gasteiger partial charge in [0.25, 0.3) is 5.91 Å². The van der Waals surface area contributed by atoms with Gasteiger partial charge >= 0.3 is 0 Å². The van der Waals surface area contributed by atoms with E-state index >= 15 is 0 Å². The van der Waals surface area contributed by atoms with E-state index in [1.807, 2.05) is 6.92 Å². The van der Waals surface area contributed by atoms with Gasteiger partial charge in [-0.25, -0.2) is 0 Å². The third-order valence-electron chi connectivity index (χ3n) is 5.89. The Morgan fingerprint density at radius 3 is 2.55 bits per heavy atom. The number of amides is 1. The average molecular weight is 568 g/mol. The normalized spacial score (nSPS) is 15.1. The Labute approximate surface area is 214 Å². The first-order chi connectivity index (χ1) is 15.6. The quantitative estimate of drug-likeness (QED) is 0.186. The summed E-state index contributed by atoms with van der Waals surface area (Å²) in [5.41, 5.74) is 3.64. The molecule has 0 saturated carbocycles. The number of aliphatic imine (C=N–C) groups is 1. The summed E-state index contributed by atoms with van der Waals surface area (Å²) in [6.07, 6.45) is 4.52. The molecule has 2 aromatic rings. The predicted octanol–water partition coefficient (Wildman–Crippen LogP) is 3.85. The van der Waals surface area contributed by atoms with E-state index in [4.69, 9.17) is 4.42 Å². The highest BCUT2D eigenvalue weighted by Gasteiger charge is 2.20. The van der Waals surface area contributed by atoms with Gasteiger partial charge in [0, 0.05) is 50.9 Å². The number of guanidine groups is 1. The van der Waals surface area contributed by atoms with Gasteiger partial charge in [0.05, 0.1) is 6.26 Å². The van der Waals surface area contributed by atoms with Crippen LogP contribution in [0.2, 0.25) is 0 Å². The van der Waals surface area contributed by atoms with Crippen LogP contribution < -0.4 is 16.0 Å². The SMILES string of the molecule is CCNC(=NCCCNC(=O)c1occc1C)NC1CCN(Cc2ccccc2C)CC1.I. The fourth-order valence-electron chi connectivity index (χ4n) is 3.93. The molecule has 1 fully saturated rings. The molecular formula is C25H38IN5O2. The minimum atomic E-state index is -0.168. The first kappa shape index (κ1) is 27.2. The predicted molar refractivity (Wildman–Crippen MR) is 144 cm³/mol. The van der Waals surface area contributed by atoms with Gasteiger partial charge in [0.1, 0.15) is 0 Å². The molecule has 8 heteroatoms. The molecule has 182 valence electrons. The highest BCUT2D eigenvalue weighted by molar-refractivity contribution is 14.0. The van der Waals surface area contributed by atoms with Crippen molar-refractivity contribution in [2.24, 2.45) is 4.99 Å². The molecule has 3 rings (SSSR count). The molecule has 2 heterocycles. The number of piperidine rings is 1. The molecule has 1 aliphatic rings. The Bertz CT molecular complexity index is 890. The molecule has 0 spiro atoms. The Morgan fingerprint density at radius 2 is 1.88 bits per heavy atom. The second-order valence-electron chi connectivity index (χ2n) is 8.42. The molecule has 3 N–H and O–H groups in total. The van der Waals surface area contributed by atoms with E-state index in [0.29, 0.717) is 24.9 Å². The lowest BCUT2D eigenvalue weighted by Gasteiger charge is -2.33. The van der Waals surface area contributed by atoms with Crippen molar-refractivity contribution in [3.05, 3.63) is 59.0 Å². The lowest BCUT2D eigenvalue weighted by atomic mass is 10.0. The van der Waals surface area contributed by atoms with Crippen molar-refractivity contribution in [3.63, 3.8) is 0 Å². The number of nitrogens with one attached hydrogen (secondary N) is 3. The van der Waals surface area contributed by atoms with E-state index < -0.39 is 0 Å². The van der Waals surface area contributed by atoms with E-state index in [1.54, 1.807) is 6.07 Å². The first-order valence-electron chi connectivity index (χ1n) is 11.7. The highest BCUT2D eigenvalue weighted by Crippen LogP contribution is 2.16. The number of aryl methyl sites for hydroxylation is 2. The summed E-state index contributed by atoms with van der Waals surface area (Å²) in [7, 11) is 0. The third kappa shape index (κ3) is 8.66. The largest absolute Gasteiger partial charge is 0.459 e. The van der Waals surface area contributed by atoms with Gasteiger partial charge in [-0.2, -0.15) is 0 Å². The van der Waals surface area contributed by atoms with E-state index in [-0.39, 0.29) is 29.9 Å². The van der Waals surface area contributed by atoms with Crippen LogP contribution in [0.5, 0.6) is 0 Å². The summed E-state index contributed by atoms with van der Waals surface area (Å²) in [6, 6.07) is 10.9. The number of benzene rings is 1. The van der Waals surface area contributed by atoms with Gasteiger partial charge in [0.15, 0.2) is 11.7 Å². The van der Waals surface area contributed by atoms with Crippen molar-refractivity contribution in [1.29, 1.82) is 0 Å². The van der Waals surface area contributed by atoms with E-state index in [2.05, 4.69) is 64.0 Å². The van der Waals surface area contributed by atoms with Gasteiger partial charge in [-0.05, 0) is 57.2 Å². The fourth-order valence-corrected chi connectivity index (χ4v) is 3.93. The standard InChI is InChI=1S/C25H37N5O2.HI/c1-4-26-25(28-14-7-13-27-24(31)23-20(3)12-17-32-23)29-22-10-15-30(16-11-22)18-21-9-6-5-8-19(21)2;/h5-6,8-9,12,17,22H,4,7,10-11,13-16,18H2,1-3H3,(H,27,31)(H2,26,28,29);1H. The first-order valence-corrected chi connectivity index (χ1v) is 11.7. The van der Waals surface area contributed by atoms with Crippen LogP contribution in [0.3, 0.4) is 0 Å². The van der Waals surface area contributed by atoms with E-state index in [9.17, 15) is 4.79 Å². The maximum atomic E-state index is 12.1. The van der Waals surface area contributed by atoms with Crippen molar-refractivity contribution >= 4 is 35.8 Å². The lowest BCUT2D eigenvalue weighted by molar-refractivity contribution is 0.0925. The maximum Gasteiger partial charge on any atom is 0.287 e. The smallest absolute Gasteiger partial charge is 0.287 e. The van der Waals surface area contributed by atoms with Crippen molar-refractivity contribution in [1.82, 2.24) is 20.9 Å². The highest BCUT2D eigenvalue weighted by atomic mass is 127. The Balaban J connectivity index is 0.00000385. The van der Waals surface area contributed by atoms with Gasteiger partial charge in [-0.1, -0.05) is 24.3 Å². The zero-order chi connectivity index (χ0) is 22.8. The Morgan fingerprint density at radius 1 is 1.12 bits per heavy atom. The Kier molecular flexibility index (Phi) is 11.7. The van der Waals surface area contributed by atoms with Crippen LogP contribution in [-0.4, -0.2) is 55.5 Å². The number of halogens is 1. The molecule has 0 unspecified atom stereocenters. The summed E-state index contributed by atoms with van der Waals surface area (Å²) in [6.45, 7) is 11.4. The summed E-state index contributed by atoms with van der Waals surface area (Å²) in [4.78, 5) is 19.3. The molecule has 1 saturated heterocycles. The summed E-state index contributed by atoms with van der Waals surface area (Å²) in [5.74, 6) is 1.08. The molecule has 1 amide bonds. The van der Waals surface area contributed by atoms with Gasteiger partial charge < -0.3 is 20.4 Å². The van der Waals surface area contributed by atoms with Crippen LogP contribution in [0.4, 0.5) is 0 Å². The monoisotopic (exact) mass is 567 g/mol. The zero-order valence-electron chi connectivity index (χ0n) is 20.0. The van der Waals surface area contributed by atoms with Gasteiger partial charge in [0.2, 0.25) is 0 Å². The second-order valence-corrected chi connectivity index (χ2v) is 8.42. The summed E-state index contributed by atoms with van der Waals surface area (Å²) in [5, 5.41) is 9.83. The number of hydrogen-bond acceptors (Lipinski definition) is 4. The van der Waals surface area contributed by atoms with Crippen molar-refractivity contribution in [2.75, 3.05) is 32.7 Å². The minimum absolute atomic E-state index is 0. The number of hydrogen-bond donors (Lipinski definition) is 3. The summed E-state index contributed by atoms with van der Waals surface area (Å²) >= 11 is 0. The number of furan rings is 1. The second kappa shape index (κ2) is 14.2. The maximum absolute atomic E-state index is 12.1. The number of carbonyl (C=O) groups is 1. The number of nitrogens with zero attached hydrogens (tertiary/aromatic N) is 2. The number of rotatable bonds is 9. The summed E-state index contributed by atoms with van der Waals surface area (Å²) < 4.78 is 5.22. The van der Waals surface area contributed by atoms with Gasteiger partial charge in [-0.3, -0.25) is 14.7 Å². The molecule has 0 bridgehead atoms. The molecule has 0 atom stereocenters. The van der Waals surface area contributed by atoms with Crippen LogP contribution >= 0.6 is 24.0 Å². The number of carbonyl (C=O) groups excluding carboxylic acids is 1. The average Bonchev–Trinajstić information content (AvgIpc) is 3.22. The van der Waals surface area contributed by atoms with Crippen LogP contribution in [0.15, 0.2) is 46.0 Å². The molecule has 1 aromatic carbocycles.